The zero-order valence-electron chi connectivity index (χ0n) is 9.73. The summed E-state index contributed by atoms with van der Waals surface area (Å²) < 4.78 is 9.39. The van der Waals surface area contributed by atoms with Crippen LogP contribution in [0.5, 0.6) is 0 Å². The van der Waals surface area contributed by atoms with Gasteiger partial charge in [-0.15, -0.1) is 0 Å². The quantitative estimate of drug-likeness (QED) is 0.487. The van der Waals surface area contributed by atoms with E-state index < -0.39 is 37.1 Å². The topological polar surface area (TPSA) is 99.4 Å². The molecular formula is C7H30O6Si4. The molecule has 0 saturated heterocycles. The third-order valence-electron chi connectivity index (χ3n) is 1.25. The monoisotopic (exact) mass is 322 g/mol. The molecule has 17 heavy (non-hydrogen) atoms. The van der Waals surface area contributed by atoms with Crippen molar-refractivity contribution in [3.8, 4) is 0 Å². The maximum absolute atomic E-state index is 8.83. The fraction of sp³-hybridized carbons (Fsp3) is 1.00. The normalized spacial score (nSPS) is 12.0. The first-order valence-corrected chi connectivity index (χ1v) is 13.2. The van der Waals surface area contributed by atoms with Gasteiger partial charge in [-0.25, -0.2) is 0 Å². The van der Waals surface area contributed by atoms with Gasteiger partial charge < -0.3 is 27.4 Å². The molecule has 0 aromatic carbocycles. The van der Waals surface area contributed by atoms with Crippen molar-refractivity contribution < 1.29 is 27.4 Å². The van der Waals surface area contributed by atoms with E-state index in [1.807, 2.05) is 13.1 Å². The molecule has 0 aromatic rings. The van der Waals surface area contributed by atoms with Gasteiger partial charge in [0.15, 0.2) is 0 Å². The molecule has 110 valence electrons. The third kappa shape index (κ3) is 26.3. The smallest absolute Gasteiger partial charge is 0.422 e. The zero-order valence-corrected chi connectivity index (χ0v) is 14.6. The van der Waals surface area contributed by atoms with Crippen molar-refractivity contribution in [1.82, 2.24) is 0 Å². The summed E-state index contributed by atoms with van der Waals surface area (Å²) in [6.07, 6.45) is 0. The van der Waals surface area contributed by atoms with E-state index in [0.29, 0.717) is 6.04 Å². The Hall–Kier alpha value is 0.628. The molecule has 4 N–H and O–H groups in total. The first-order chi connectivity index (χ1) is 6.68. The lowest BCUT2D eigenvalue weighted by molar-refractivity contribution is 0.247. The van der Waals surface area contributed by atoms with Crippen molar-refractivity contribution in [2.45, 2.75) is 47.5 Å². The summed E-state index contributed by atoms with van der Waals surface area (Å²) >= 11 is 0. The SMILES string of the molecule is C.C.CC[Si](O)(O)O[SiH2]C.C[SiH2]O[Si](C)(O)O. The molecule has 0 heterocycles. The number of hydrogen-bond donors (Lipinski definition) is 4. The molecular weight excluding hydrogens is 292 g/mol. The minimum absolute atomic E-state index is 0. The van der Waals surface area contributed by atoms with E-state index in [0.717, 1.165) is 0 Å². The fourth-order valence-corrected chi connectivity index (χ4v) is 5.46. The summed E-state index contributed by atoms with van der Waals surface area (Å²) in [7, 11) is -7.48. The van der Waals surface area contributed by atoms with Gasteiger partial charge in [0.2, 0.25) is 0 Å². The minimum atomic E-state index is -3.12. The van der Waals surface area contributed by atoms with Gasteiger partial charge in [-0.05, 0) is 0 Å². The van der Waals surface area contributed by atoms with Gasteiger partial charge in [0.1, 0.15) is 19.5 Å². The Morgan fingerprint density at radius 2 is 1.29 bits per heavy atom. The summed E-state index contributed by atoms with van der Waals surface area (Å²) in [6, 6.07) is 0.369. The highest BCUT2D eigenvalue weighted by Gasteiger charge is 2.27. The molecule has 10 heteroatoms. The molecule has 0 saturated carbocycles. The molecule has 6 nitrogen and oxygen atoms in total. The minimum Gasteiger partial charge on any atom is -0.422 e. The predicted octanol–water partition coefficient (Wildman–Crippen LogP) is -0.961. The summed E-state index contributed by atoms with van der Waals surface area (Å²) in [4.78, 5) is 34.7. The van der Waals surface area contributed by atoms with Crippen molar-refractivity contribution in [2.24, 2.45) is 0 Å². The van der Waals surface area contributed by atoms with E-state index >= 15 is 0 Å². The molecule has 0 rings (SSSR count). The number of rotatable bonds is 5. The van der Waals surface area contributed by atoms with Crippen LogP contribution in [-0.2, 0) is 8.23 Å². The molecule has 0 spiro atoms. The molecule has 0 unspecified atom stereocenters. The van der Waals surface area contributed by atoms with Crippen molar-refractivity contribution in [1.29, 1.82) is 0 Å². The molecule has 0 bridgehead atoms. The van der Waals surface area contributed by atoms with Crippen LogP contribution in [0.4, 0.5) is 0 Å². The average molecular weight is 323 g/mol. The van der Waals surface area contributed by atoms with Crippen LogP contribution >= 0.6 is 0 Å². The van der Waals surface area contributed by atoms with E-state index in [9.17, 15) is 0 Å². The fourth-order valence-electron chi connectivity index (χ4n) is 0.607. The maximum Gasteiger partial charge on any atom is 0.484 e. The second-order valence-corrected chi connectivity index (χ2v) is 10.4. The first-order valence-electron chi connectivity index (χ1n) is 4.85. The van der Waals surface area contributed by atoms with E-state index in [4.69, 9.17) is 23.3 Å². The van der Waals surface area contributed by atoms with Crippen LogP contribution in [0, 0.1) is 0 Å². The summed E-state index contributed by atoms with van der Waals surface area (Å²) in [5.74, 6) is 0. The molecule has 0 atom stereocenters. The third-order valence-corrected chi connectivity index (χ3v) is 8.52. The number of hydrogen-bond acceptors (Lipinski definition) is 6. The Kier molecular flexibility index (Phi) is 20.2. The summed E-state index contributed by atoms with van der Waals surface area (Å²) in [6.45, 7) is 6.79. The van der Waals surface area contributed by atoms with E-state index in [1.54, 1.807) is 6.92 Å². The molecule has 0 aromatic heterocycles. The van der Waals surface area contributed by atoms with Crippen molar-refractivity contribution >= 4 is 37.1 Å². The largest absolute Gasteiger partial charge is 0.484 e. The lowest BCUT2D eigenvalue weighted by Gasteiger charge is -2.13. The van der Waals surface area contributed by atoms with Crippen LogP contribution in [-0.4, -0.2) is 56.3 Å². The lowest BCUT2D eigenvalue weighted by atomic mass is 11.0. The average Bonchev–Trinajstić information content (AvgIpc) is 2.03. The van der Waals surface area contributed by atoms with Gasteiger partial charge in [-0.2, -0.15) is 0 Å². The highest BCUT2D eigenvalue weighted by Crippen LogP contribution is 1.99. The van der Waals surface area contributed by atoms with Crippen LogP contribution in [0.2, 0.25) is 25.7 Å². The van der Waals surface area contributed by atoms with E-state index in [-0.39, 0.29) is 14.9 Å². The molecule has 0 aliphatic heterocycles. The van der Waals surface area contributed by atoms with Gasteiger partial charge in [-0.1, -0.05) is 34.9 Å². The van der Waals surface area contributed by atoms with Gasteiger partial charge in [-0.3, -0.25) is 0 Å². The van der Waals surface area contributed by atoms with Crippen LogP contribution < -0.4 is 0 Å². The Balaban J connectivity index is -0.0000000896. The van der Waals surface area contributed by atoms with Crippen molar-refractivity contribution in [3.63, 3.8) is 0 Å². The van der Waals surface area contributed by atoms with Crippen LogP contribution in [0.25, 0.3) is 0 Å². The van der Waals surface area contributed by atoms with Crippen LogP contribution in [0.15, 0.2) is 0 Å². The Labute approximate surface area is 112 Å². The van der Waals surface area contributed by atoms with Crippen molar-refractivity contribution in [3.05, 3.63) is 0 Å². The Bertz CT molecular complexity index is 152. The lowest BCUT2D eigenvalue weighted by Crippen LogP contribution is -2.38. The zero-order chi connectivity index (χ0) is 12.5. The van der Waals surface area contributed by atoms with Crippen LogP contribution in [0.1, 0.15) is 21.8 Å². The molecule has 0 aliphatic carbocycles. The molecule has 0 radical (unpaired) electrons. The summed E-state index contributed by atoms with van der Waals surface area (Å²) in [5.41, 5.74) is 0. The standard InChI is InChI=1S/C3H12O3Si2.C2H10O3Si2.2CH4/c1-3-8(4,5)6-7-2;1-6-5-7(2,3)4;;/h4-5H,3,7H2,1-2H3;3-4H,6H2,1-2H3;2*1H4. The molecule has 0 aliphatic rings. The van der Waals surface area contributed by atoms with Crippen LogP contribution in [0.3, 0.4) is 0 Å². The molecule has 0 amide bonds. The highest BCUT2D eigenvalue weighted by molar-refractivity contribution is 6.63. The second-order valence-electron chi connectivity index (χ2n) is 2.90. The van der Waals surface area contributed by atoms with Gasteiger partial charge >= 0.3 is 17.6 Å². The van der Waals surface area contributed by atoms with Gasteiger partial charge in [0.25, 0.3) is 0 Å². The van der Waals surface area contributed by atoms with Gasteiger partial charge in [0, 0.05) is 12.6 Å². The van der Waals surface area contributed by atoms with Crippen molar-refractivity contribution in [2.75, 3.05) is 0 Å². The van der Waals surface area contributed by atoms with E-state index in [2.05, 4.69) is 4.12 Å². The van der Waals surface area contributed by atoms with Gasteiger partial charge in [0.05, 0.1) is 0 Å². The maximum atomic E-state index is 8.83. The Morgan fingerprint density at radius 3 is 1.35 bits per heavy atom. The Morgan fingerprint density at radius 1 is 0.941 bits per heavy atom. The molecule has 0 fully saturated rings. The summed E-state index contributed by atoms with van der Waals surface area (Å²) in [5, 5.41) is 0. The predicted molar refractivity (Wildman–Crippen MR) is 81.2 cm³/mol. The second kappa shape index (κ2) is 13.1. The first kappa shape index (κ1) is 26.2. The highest BCUT2D eigenvalue weighted by atomic mass is 28.4. The van der Waals surface area contributed by atoms with E-state index in [1.165, 1.54) is 6.55 Å².